The molecule has 266 valence electrons. The van der Waals surface area contributed by atoms with Crippen LogP contribution in [0.1, 0.15) is 63.8 Å². The van der Waals surface area contributed by atoms with Crippen molar-refractivity contribution in [1.82, 2.24) is 20.7 Å². The van der Waals surface area contributed by atoms with E-state index in [2.05, 4.69) is 32.0 Å². The molecule has 3 heterocycles. The fourth-order valence-corrected chi connectivity index (χ4v) is 7.08. The lowest BCUT2D eigenvalue weighted by Crippen LogP contribution is -2.76. The van der Waals surface area contributed by atoms with Crippen molar-refractivity contribution < 1.29 is 46.3 Å². The van der Waals surface area contributed by atoms with Crippen LogP contribution in [0, 0.1) is 10.8 Å². The molecule has 1 aromatic carbocycles. The standard InChI is InChI=1S/C29H38N8O10S2/c1-27(2)21(24(39)37(27)47-49(42,43)44)35-23(38)20(17-12-48-26(32)34-17)36-46-29(4,25(40)41)19-8-6-14-9-15(5-7-18(14)45-19)22(31)33-13-28(3)10-16(30)11-28/h5,7,9,12,16,19,21H,6,8,10-11,13,30H2,1-4H3,(H2,31,33)(H2,32,34)(H,35,38)(H,40,41)(H,42,43,44)/b36-20-/t16?,19-,21-,28?,29+/m1/s1. The number of carbonyl (C=O) groups excluding carboxylic acids is 2. The topological polar surface area (TPSA) is 282 Å². The van der Waals surface area contributed by atoms with Crippen LogP contribution in [0.25, 0.3) is 0 Å². The molecule has 49 heavy (non-hydrogen) atoms. The molecule has 0 spiro atoms. The second kappa shape index (κ2) is 12.8. The van der Waals surface area contributed by atoms with Crippen LogP contribution < -0.4 is 26.8 Å². The number of β-lactam (4-membered cyclic amide) rings is 1. The molecule has 5 rings (SSSR count). The molecule has 2 fully saturated rings. The average molecular weight is 723 g/mol. The minimum atomic E-state index is -5.03. The second-order valence-corrected chi connectivity index (χ2v) is 15.3. The first-order chi connectivity index (χ1) is 22.7. The van der Waals surface area contributed by atoms with Crippen LogP contribution in [0.5, 0.6) is 5.75 Å². The van der Waals surface area contributed by atoms with Gasteiger partial charge in [0.15, 0.2) is 16.9 Å². The number of nitrogen functional groups attached to an aromatic ring is 1. The Morgan fingerprint density at radius 2 is 2.00 bits per heavy atom. The number of aromatic nitrogens is 1. The Morgan fingerprint density at radius 1 is 1.31 bits per heavy atom. The third-order valence-corrected chi connectivity index (χ3v) is 9.97. The van der Waals surface area contributed by atoms with Gasteiger partial charge in [-0.3, -0.25) is 19.6 Å². The van der Waals surface area contributed by atoms with E-state index in [1.165, 1.54) is 26.2 Å². The molecule has 20 heteroatoms. The van der Waals surface area contributed by atoms with Gasteiger partial charge in [0.25, 0.3) is 17.4 Å². The maximum Gasteiger partial charge on any atom is 0.418 e. The lowest BCUT2D eigenvalue weighted by atomic mass is 9.67. The first-order valence-corrected chi connectivity index (χ1v) is 17.4. The summed E-state index contributed by atoms with van der Waals surface area (Å²) in [5.74, 6) is -2.81. The molecule has 9 N–H and O–H groups in total. The fraction of sp³-hybridized carbons (Fsp3) is 0.517. The number of benzene rings is 1. The number of aliphatic carboxylic acids is 1. The van der Waals surface area contributed by atoms with Crippen molar-refractivity contribution in [3.63, 3.8) is 0 Å². The molecule has 1 aliphatic carbocycles. The van der Waals surface area contributed by atoms with E-state index in [9.17, 15) is 27.9 Å². The van der Waals surface area contributed by atoms with Crippen molar-refractivity contribution in [3.05, 3.63) is 40.4 Å². The molecule has 2 amide bonds. The maximum absolute atomic E-state index is 13.4. The number of carboxylic acid groups (broad SMARTS) is 1. The summed E-state index contributed by atoms with van der Waals surface area (Å²) in [6.07, 6.45) is 1.27. The Hall–Kier alpha value is -4.37. The minimum Gasteiger partial charge on any atom is -0.485 e. The molecular weight excluding hydrogens is 684 g/mol. The van der Waals surface area contributed by atoms with Crippen LogP contribution in [0.2, 0.25) is 0 Å². The van der Waals surface area contributed by atoms with Gasteiger partial charge in [0.05, 0.1) is 5.54 Å². The molecule has 1 saturated carbocycles. The van der Waals surface area contributed by atoms with E-state index >= 15 is 0 Å². The van der Waals surface area contributed by atoms with Gasteiger partial charge >= 0.3 is 16.4 Å². The summed E-state index contributed by atoms with van der Waals surface area (Å²) < 4.78 is 41.7. The molecule has 1 aromatic heterocycles. The van der Waals surface area contributed by atoms with Gasteiger partial charge in [-0.25, -0.2) is 9.78 Å². The number of thiazole rings is 1. The summed E-state index contributed by atoms with van der Waals surface area (Å²) in [4.78, 5) is 48.3. The predicted molar refractivity (Wildman–Crippen MR) is 175 cm³/mol. The van der Waals surface area contributed by atoms with Crippen molar-refractivity contribution in [2.75, 3.05) is 12.3 Å². The Kier molecular flexibility index (Phi) is 9.40. The largest absolute Gasteiger partial charge is 0.485 e. The Morgan fingerprint density at radius 3 is 2.57 bits per heavy atom. The molecule has 2 aliphatic heterocycles. The van der Waals surface area contributed by atoms with E-state index in [0.29, 0.717) is 29.3 Å². The van der Waals surface area contributed by atoms with E-state index in [4.69, 9.17) is 31.0 Å². The van der Waals surface area contributed by atoms with E-state index in [1.54, 1.807) is 12.1 Å². The molecule has 3 aliphatic rings. The third kappa shape index (κ3) is 7.32. The quantitative estimate of drug-likeness (QED) is 0.0519. The molecular formula is C29H38N8O10S2. The van der Waals surface area contributed by atoms with Crippen molar-refractivity contribution >= 4 is 56.2 Å². The van der Waals surface area contributed by atoms with Gasteiger partial charge in [-0.15, -0.1) is 15.6 Å². The lowest BCUT2D eigenvalue weighted by molar-refractivity contribution is -0.218. The number of amidine groups is 1. The third-order valence-electron chi connectivity index (χ3n) is 8.96. The summed E-state index contributed by atoms with van der Waals surface area (Å²) in [5.41, 5.74) is 8.97. The molecule has 3 atom stereocenters. The summed E-state index contributed by atoms with van der Waals surface area (Å²) in [7, 11) is -5.03. The molecule has 2 aromatic rings. The first kappa shape index (κ1) is 35.9. The smallest absolute Gasteiger partial charge is 0.418 e. The van der Waals surface area contributed by atoms with Gasteiger partial charge in [-0.05, 0) is 75.6 Å². The lowest BCUT2D eigenvalue weighted by Gasteiger charge is -2.50. The number of hydroxylamine groups is 2. The average Bonchev–Trinajstić information content (AvgIpc) is 3.44. The number of ether oxygens (including phenoxy) is 1. The van der Waals surface area contributed by atoms with E-state index in [1.807, 2.05) is 6.07 Å². The highest BCUT2D eigenvalue weighted by Gasteiger charge is 2.58. The Bertz CT molecular complexity index is 1820. The molecule has 0 radical (unpaired) electrons. The Balaban J connectivity index is 1.31. The number of nitrogens with one attached hydrogen (secondary N) is 3. The van der Waals surface area contributed by atoms with E-state index in [0.717, 1.165) is 29.7 Å². The van der Waals surface area contributed by atoms with Crippen LogP contribution >= 0.6 is 11.3 Å². The summed E-state index contributed by atoms with van der Waals surface area (Å²) in [5, 5.41) is 30.0. The number of carbonyl (C=O) groups is 3. The van der Waals surface area contributed by atoms with Crippen LogP contribution in [0.4, 0.5) is 5.13 Å². The van der Waals surface area contributed by atoms with Crippen molar-refractivity contribution in [2.45, 2.75) is 82.7 Å². The zero-order chi connectivity index (χ0) is 36.1. The number of hydrogen-bond acceptors (Lipinski definition) is 14. The number of anilines is 1. The first-order valence-electron chi connectivity index (χ1n) is 15.1. The SMILES string of the molecule is CC1(CNC(=N)c2ccc3c(c2)CC[C@H]([C@](C)(O/N=C(\C(=O)N[C@@H]2C(=O)N(OS(=O)(=O)O)C2(C)C)c2csc(N)n2)C(=O)O)O3)CC(N)C1. The highest BCUT2D eigenvalue weighted by molar-refractivity contribution is 7.80. The fourth-order valence-electron chi connectivity index (χ4n) is 6.08. The van der Waals surface area contributed by atoms with Crippen LogP contribution in [-0.4, -0.2) is 93.3 Å². The number of amides is 2. The molecule has 0 unspecified atom stereocenters. The Labute approximate surface area is 285 Å². The number of nitrogens with zero attached hydrogens (tertiary/aromatic N) is 3. The van der Waals surface area contributed by atoms with Crippen molar-refractivity contribution in [2.24, 2.45) is 16.3 Å². The molecule has 1 saturated heterocycles. The van der Waals surface area contributed by atoms with Gasteiger partial charge in [0.1, 0.15) is 23.3 Å². The van der Waals surface area contributed by atoms with E-state index in [-0.39, 0.29) is 34.5 Å². The number of aryl methyl sites for hydroxylation is 1. The van der Waals surface area contributed by atoms with Gasteiger partial charge in [0, 0.05) is 23.5 Å². The zero-order valence-electron chi connectivity index (χ0n) is 27.1. The van der Waals surface area contributed by atoms with E-state index < -0.39 is 57.2 Å². The van der Waals surface area contributed by atoms with Gasteiger partial charge < -0.3 is 36.8 Å². The zero-order valence-corrected chi connectivity index (χ0v) is 28.7. The molecule has 18 nitrogen and oxygen atoms in total. The van der Waals surface area contributed by atoms with Crippen LogP contribution in [-0.2, 0) is 40.3 Å². The number of hydrogen-bond donors (Lipinski definition) is 7. The second-order valence-electron chi connectivity index (χ2n) is 13.4. The summed E-state index contributed by atoms with van der Waals surface area (Å²) in [6, 6.07) is 4.01. The maximum atomic E-state index is 13.4. The minimum absolute atomic E-state index is 0.0414. The monoisotopic (exact) mass is 722 g/mol. The van der Waals surface area contributed by atoms with Gasteiger partial charge in [-0.2, -0.15) is 13.5 Å². The number of fused-ring (bicyclic) bond motifs is 1. The number of oxime groups is 1. The highest BCUT2D eigenvalue weighted by Crippen LogP contribution is 2.39. The van der Waals surface area contributed by atoms with Gasteiger partial charge in [0.2, 0.25) is 0 Å². The van der Waals surface area contributed by atoms with Crippen molar-refractivity contribution in [1.29, 1.82) is 5.41 Å². The number of rotatable bonds is 12. The van der Waals surface area contributed by atoms with Crippen LogP contribution in [0.15, 0.2) is 28.7 Å². The van der Waals surface area contributed by atoms with Gasteiger partial charge in [-0.1, -0.05) is 12.1 Å². The normalized spacial score (nSPS) is 25.8. The summed E-state index contributed by atoms with van der Waals surface area (Å²) >= 11 is 0.962. The van der Waals surface area contributed by atoms with Crippen molar-refractivity contribution in [3.8, 4) is 5.75 Å². The number of carboxylic acids is 1. The van der Waals surface area contributed by atoms with Crippen LogP contribution in [0.3, 0.4) is 0 Å². The summed E-state index contributed by atoms with van der Waals surface area (Å²) in [6.45, 7) is 6.72. The molecule has 0 bridgehead atoms. The predicted octanol–water partition coefficient (Wildman–Crippen LogP) is 0.565. The number of nitrogens with two attached hydrogens (primary N) is 2. The highest BCUT2D eigenvalue weighted by atomic mass is 32.3.